The third-order valence-corrected chi connectivity index (χ3v) is 2.05. The summed E-state index contributed by atoms with van der Waals surface area (Å²) in [6.45, 7) is 0. The van der Waals surface area contributed by atoms with Crippen molar-refractivity contribution in [3.8, 4) is 0 Å². The number of hydrogen-bond donors (Lipinski definition) is 1. The van der Waals surface area contributed by atoms with Crippen molar-refractivity contribution in [2.75, 3.05) is 7.11 Å². The number of methoxy groups -OCH3 is 1. The molecule has 1 unspecified atom stereocenters. The molecule has 0 bridgehead atoms. The first-order valence-electron chi connectivity index (χ1n) is 4.06. The van der Waals surface area contributed by atoms with E-state index >= 15 is 0 Å². The molecule has 0 saturated heterocycles. The molecule has 0 radical (unpaired) electrons. The number of fused-ring (bicyclic) bond motifs is 1. The van der Waals surface area contributed by atoms with Crippen LogP contribution < -0.4 is 5.32 Å². The van der Waals surface area contributed by atoms with Crippen LogP contribution in [0.5, 0.6) is 0 Å². The second-order valence-electron chi connectivity index (χ2n) is 2.88. The molecule has 0 aromatic carbocycles. The van der Waals surface area contributed by atoms with Gasteiger partial charge in [-0.05, 0) is 6.08 Å². The molecule has 1 amide bonds. The molecular formula is C9H8N2O3. The highest BCUT2D eigenvalue weighted by molar-refractivity contribution is 6.05. The number of allylic oxidation sites excluding steroid dienone is 1. The van der Waals surface area contributed by atoms with E-state index in [0.29, 0.717) is 5.57 Å². The van der Waals surface area contributed by atoms with E-state index in [2.05, 4.69) is 15.0 Å². The van der Waals surface area contributed by atoms with Crippen molar-refractivity contribution in [3.63, 3.8) is 0 Å². The Balaban J connectivity index is 2.38. The minimum absolute atomic E-state index is 0.277. The number of nitrogens with one attached hydrogen (secondary N) is 1. The molecule has 1 N–H and O–H groups in total. The molecule has 14 heavy (non-hydrogen) atoms. The van der Waals surface area contributed by atoms with E-state index in [9.17, 15) is 9.59 Å². The molecule has 2 aliphatic rings. The molecule has 0 aromatic heterocycles. The lowest BCUT2D eigenvalue weighted by Gasteiger charge is -2.19. The summed E-state index contributed by atoms with van der Waals surface area (Å²) >= 11 is 0. The van der Waals surface area contributed by atoms with E-state index in [0.717, 1.165) is 0 Å². The van der Waals surface area contributed by atoms with Crippen LogP contribution in [-0.4, -0.2) is 31.4 Å². The monoisotopic (exact) mass is 192 g/mol. The number of rotatable bonds is 1. The minimum atomic E-state index is -0.512. The SMILES string of the molecule is COC(=O)C1=CC(=O)NC2N=CC=C12. The number of hydrogen-bond acceptors (Lipinski definition) is 4. The fourth-order valence-electron chi connectivity index (χ4n) is 1.41. The maximum atomic E-state index is 11.3. The van der Waals surface area contributed by atoms with Crippen LogP contribution in [0.3, 0.4) is 0 Å². The Morgan fingerprint density at radius 1 is 1.64 bits per heavy atom. The average Bonchev–Trinajstić information content (AvgIpc) is 2.62. The van der Waals surface area contributed by atoms with Gasteiger partial charge in [-0.1, -0.05) is 0 Å². The van der Waals surface area contributed by atoms with Gasteiger partial charge in [-0.3, -0.25) is 9.79 Å². The lowest BCUT2D eigenvalue weighted by Crippen LogP contribution is -2.38. The van der Waals surface area contributed by atoms with Crippen molar-refractivity contribution in [1.29, 1.82) is 0 Å². The Kier molecular flexibility index (Phi) is 1.92. The van der Waals surface area contributed by atoms with Crippen molar-refractivity contribution in [2.24, 2.45) is 4.99 Å². The zero-order valence-corrected chi connectivity index (χ0v) is 7.48. The normalized spacial score (nSPS) is 23.5. The fourth-order valence-corrected chi connectivity index (χ4v) is 1.41. The van der Waals surface area contributed by atoms with Gasteiger partial charge in [0.15, 0.2) is 0 Å². The third-order valence-electron chi connectivity index (χ3n) is 2.05. The molecule has 0 saturated carbocycles. The number of carbonyl (C=O) groups is 2. The van der Waals surface area contributed by atoms with Gasteiger partial charge in [-0.15, -0.1) is 0 Å². The maximum Gasteiger partial charge on any atom is 0.338 e. The van der Waals surface area contributed by atoms with Crippen LogP contribution in [-0.2, 0) is 14.3 Å². The molecule has 0 fully saturated rings. The Morgan fingerprint density at radius 3 is 3.14 bits per heavy atom. The summed E-state index contributed by atoms with van der Waals surface area (Å²) in [6.07, 6.45) is 4.04. The number of ether oxygens (including phenoxy) is 1. The third kappa shape index (κ3) is 1.22. The van der Waals surface area contributed by atoms with Crippen LogP contribution in [0.15, 0.2) is 28.3 Å². The van der Waals surface area contributed by atoms with Gasteiger partial charge in [0.1, 0.15) is 6.17 Å². The van der Waals surface area contributed by atoms with Gasteiger partial charge in [-0.25, -0.2) is 4.79 Å². The van der Waals surface area contributed by atoms with Crippen molar-refractivity contribution in [2.45, 2.75) is 6.17 Å². The molecular weight excluding hydrogens is 184 g/mol. The molecule has 0 aliphatic carbocycles. The number of aliphatic imine (C=N–C) groups is 1. The lowest BCUT2D eigenvalue weighted by molar-refractivity contribution is -0.136. The van der Waals surface area contributed by atoms with Gasteiger partial charge in [0.25, 0.3) is 0 Å². The van der Waals surface area contributed by atoms with E-state index in [-0.39, 0.29) is 11.5 Å². The summed E-state index contributed by atoms with van der Waals surface area (Å²) in [7, 11) is 1.28. The predicted molar refractivity (Wildman–Crippen MR) is 48.6 cm³/mol. The maximum absolute atomic E-state index is 11.3. The fraction of sp³-hybridized carbons (Fsp3) is 0.222. The first-order valence-corrected chi connectivity index (χ1v) is 4.06. The Labute approximate surface area is 80.1 Å². The van der Waals surface area contributed by atoms with Gasteiger partial charge < -0.3 is 10.1 Å². The number of nitrogens with zero attached hydrogens (tertiary/aromatic N) is 1. The van der Waals surface area contributed by atoms with Crippen LogP contribution in [0.25, 0.3) is 0 Å². The summed E-state index contributed by atoms with van der Waals surface area (Å²) in [5, 5.41) is 2.60. The second-order valence-corrected chi connectivity index (χ2v) is 2.88. The number of carbonyl (C=O) groups excluding carboxylic acids is 2. The summed E-state index contributed by atoms with van der Waals surface area (Å²) in [5.41, 5.74) is 0.954. The molecule has 0 spiro atoms. The van der Waals surface area contributed by atoms with Crippen LogP contribution in [0.1, 0.15) is 0 Å². The van der Waals surface area contributed by atoms with Gasteiger partial charge >= 0.3 is 5.97 Å². The Hall–Kier alpha value is -1.91. The van der Waals surface area contributed by atoms with Crippen LogP contribution >= 0.6 is 0 Å². The van der Waals surface area contributed by atoms with Gasteiger partial charge in [-0.2, -0.15) is 0 Å². The van der Waals surface area contributed by atoms with Gasteiger partial charge in [0.2, 0.25) is 5.91 Å². The molecule has 1 atom stereocenters. The van der Waals surface area contributed by atoms with E-state index in [1.165, 1.54) is 13.2 Å². The van der Waals surface area contributed by atoms with E-state index in [1.807, 2.05) is 0 Å². The number of amides is 1. The quantitative estimate of drug-likeness (QED) is 0.572. The highest BCUT2D eigenvalue weighted by atomic mass is 16.5. The molecule has 5 nitrogen and oxygen atoms in total. The topological polar surface area (TPSA) is 67.8 Å². The van der Waals surface area contributed by atoms with Crippen LogP contribution in [0.2, 0.25) is 0 Å². The Morgan fingerprint density at radius 2 is 2.43 bits per heavy atom. The Bertz CT molecular complexity index is 393. The summed E-state index contributed by atoms with van der Waals surface area (Å²) in [6, 6.07) is 0. The predicted octanol–water partition coefficient (Wildman–Crippen LogP) is -0.448. The summed E-state index contributed by atoms with van der Waals surface area (Å²) < 4.78 is 4.56. The molecule has 2 rings (SSSR count). The first-order chi connectivity index (χ1) is 6.72. The van der Waals surface area contributed by atoms with Crippen molar-refractivity contribution < 1.29 is 14.3 Å². The highest BCUT2D eigenvalue weighted by Crippen LogP contribution is 2.23. The molecule has 0 aromatic rings. The molecule has 72 valence electrons. The molecule has 2 aliphatic heterocycles. The second kappa shape index (κ2) is 3.10. The van der Waals surface area contributed by atoms with Gasteiger partial charge in [0.05, 0.1) is 12.7 Å². The number of esters is 1. The lowest BCUT2D eigenvalue weighted by atomic mass is 10.0. The largest absolute Gasteiger partial charge is 0.465 e. The molecule has 5 heteroatoms. The molecule has 2 heterocycles. The zero-order chi connectivity index (χ0) is 10.1. The van der Waals surface area contributed by atoms with E-state index < -0.39 is 12.1 Å². The van der Waals surface area contributed by atoms with Crippen molar-refractivity contribution >= 4 is 18.1 Å². The minimum Gasteiger partial charge on any atom is -0.465 e. The van der Waals surface area contributed by atoms with Gasteiger partial charge in [0, 0.05) is 17.9 Å². The first kappa shape index (κ1) is 8.68. The van der Waals surface area contributed by atoms with E-state index in [1.54, 1.807) is 12.3 Å². The van der Waals surface area contributed by atoms with Crippen molar-refractivity contribution in [1.82, 2.24) is 5.32 Å². The zero-order valence-electron chi connectivity index (χ0n) is 7.48. The average molecular weight is 192 g/mol. The summed E-state index contributed by atoms with van der Waals surface area (Å²) in [5.74, 6) is -0.840. The van der Waals surface area contributed by atoms with E-state index in [4.69, 9.17) is 0 Å². The van der Waals surface area contributed by atoms with Crippen molar-refractivity contribution in [3.05, 3.63) is 23.3 Å². The summed E-state index contributed by atoms with van der Waals surface area (Å²) in [4.78, 5) is 26.4. The highest BCUT2D eigenvalue weighted by Gasteiger charge is 2.30. The smallest absolute Gasteiger partial charge is 0.338 e. The van der Waals surface area contributed by atoms with Crippen LogP contribution in [0.4, 0.5) is 0 Å². The standard InChI is InChI=1S/C9H8N2O3/c1-14-9(13)6-4-7(12)11-8-5(6)2-3-10-8/h2-4,8H,1H3,(H,11,12). The van der Waals surface area contributed by atoms with Crippen LogP contribution in [0, 0.1) is 0 Å².